The number of piperidine rings is 1. The summed E-state index contributed by atoms with van der Waals surface area (Å²) in [6.45, 7) is -0.118. The first-order valence-electron chi connectivity index (χ1n) is 13.8. The van der Waals surface area contributed by atoms with Crippen LogP contribution in [0.5, 0.6) is 5.75 Å². The highest BCUT2D eigenvalue weighted by molar-refractivity contribution is 6.24. The molecule has 0 aromatic heterocycles. The number of phenolic OH excluding ortho intramolecular Hbond substituents is 1. The maximum absolute atomic E-state index is 14.1. The molecular weight excluding hydrogens is 554 g/mol. The molecular formula is C29H36F2N4O7. The number of amides is 1. The van der Waals surface area contributed by atoms with Crippen molar-refractivity contribution in [1.29, 1.82) is 0 Å². The van der Waals surface area contributed by atoms with Crippen molar-refractivity contribution in [2.75, 3.05) is 46.2 Å². The van der Waals surface area contributed by atoms with Crippen LogP contribution in [0.3, 0.4) is 0 Å². The Labute approximate surface area is 241 Å². The van der Waals surface area contributed by atoms with Gasteiger partial charge in [-0.2, -0.15) is 0 Å². The molecule has 0 unspecified atom stereocenters. The Balaban J connectivity index is 1.67. The summed E-state index contributed by atoms with van der Waals surface area (Å²) < 4.78 is 28.2. The van der Waals surface area contributed by atoms with E-state index in [2.05, 4.69) is 0 Å². The van der Waals surface area contributed by atoms with Crippen LogP contribution in [0.2, 0.25) is 0 Å². The third kappa shape index (κ3) is 4.36. The van der Waals surface area contributed by atoms with Gasteiger partial charge in [-0.05, 0) is 57.5 Å². The minimum atomic E-state index is -2.87. The highest BCUT2D eigenvalue weighted by Gasteiger charge is 2.64. The average molecular weight is 591 g/mol. The van der Waals surface area contributed by atoms with Crippen LogP contribution in [0.15, 0.2) is 23.0 Å². The normalized spacial score (nSPS) is 29.4. The molecule has 3 aliphatic carbocycles. The number of aliphatic hydroxyl groups is 3. The zero-order valence-corrected chi connectivity index (χ0v) is 23.9. The van der Waals surface area contributed by atoms with E-state index in [1.165, 1.54) is 23.9 Å². The summed E-state index contributed by atoms with van der Waals surface area (Å²) in [6, 6.07) is 0.509. The Bertz CT molecular complexity index is 1450. The summed E-state index contributed by atoms with van der Waals surface area (Å²) in [6.07, 6.45) is 0.175. The Morgan fingerprint density at radius 3 is 2.40 bits per heavy atom. The molecule has 13 heteroatoms. The number of fused-ring (bicyclic) bond motifs is 3. The van der Waals surface area contributed by atoms with Crippen molar-refractivity contribution in [3.05, 3.63) is 39.7 Å². The predicted octanol–water partition coefficient (Wildman–Crippen LogP) is 1.26. The van der Waals surface area contributed by atoms with Crippen LogP contribution >= 0.6 is 0 Å². The first kappa shape index (κ1) is 29.9. The minimum Gasteiger partial charge on any atom is -0.508 e. The van der Waals surface area contributed by atoms with Crippen molar-refractivity contribution < 1.29 is 43.6 Å². The molecule has 6 N–H and O–H groups in total. The van der Waals surface area contributed by atoms with Crippen molar-refractivity contribution in [3.8, 4) is 5.75 Å². The van der Waals surface area contributed by atoms with Crippen molar-refractivity contribution in [3.63, 3.8) is 0 Å². The summed E-state index contributed by atoms with van der Waals surface area (Å²) in [5.41, 5.74) is 2.82. The van der Waals surface area contributed by atoms with E-state index >= 15 is 0 Å². The number of Topliss-reactive ketones (excluding diaryl/α,β-unsaturated/α-hetero) is 2. The van der Waals surface area contributed by atoms with Gasteiger partial charge in [0.15, 0.2) is 11.4 Å². The first-order valence-corrected chi connectivity index (χ1v) is 13.8. The number of carbonyl (C=O) groups excluding carboxylic acids is 3. The number of nitrogens with two attached hydrogens (primary N) is 1. The molecule has 1 aromatic carbocycles. The molecule has 1 saturated carbocycles. The maximum Gasteiger partial charge on any atom is 0.260 e. The molecule has 0 bridgehead atoms. The second-order valence-corrected chi connectivity index (χ2v) is 12.3. The number of nitrogens with zero attached hydrogens (tertiary/aromatic N) is 3. The molecule has 228 valence electrons. The number of anilines is 1. The van der Waals surface area contributed by atoms with Crippen LogP contribution in [0, 0.1) is 11.8 Å². The van der Waals surface area contributed by atoms with Gasteiger partial charge in [0.05, 0.1) is 18.2 Å². The molecule has 1 amide bonds. The van der Waals surface area contributed by atoms with E-state index in [1.54, 1.807) is 25.1 Å². The lowest BCUT2D eigenvalue weighted by Gasteiger charge is -2.50. The number of ketones is 2. The molecule has 1 aliphatic heterocycles. The smallest absolute Gasteiger partial charge is 0.260 e. The van der Waals surface area contributed by atoms with Crippen molar-refractivity contribution in [2.24, 2.45) is 17.6 Å². The minimum absolute atomic E-state index is 0.0238. The van der Waals surface area contributed by atoms with Gasteiger partial charge in [0, 0.05) is 49.8 Å². The predicted molar refractivity (Wildman–Crippen MR) is 148 cm³/mol. The van der Waals surface area contributed by atoms with E-state index < -0.39 is 70.5 Å². The van der Waals surface area contributed by atoms with Gasteiger partial charge in [-0.3, -0.25) is 24.2 Å². The number of likely N-dealkylation sites (tertiary alicyclic amines) is 1. The monoisotopic (exact) mass is 590 g/mol. The van der Waals surface area contributed by atoms with Crippen LogP contribution in [0.25, 0.3) is 5.76 Å². The highest BCUT2D eigenvalue weighted by atomic mass is 19.3. The number of aliphatic hydroxyl groups excluding tert-OH is 2. The number of carbonyl (C=O) groups is 3. The van der Waals surface area contributed by atoms with E-state index in [-0.39, 0.29) is 54.7 Å². The molecule has 0 radical (unpaired) electrons. The standard InChI is InChI=1S/C29H36F2N4O7/c1-33(2)17-10-14(11-35-7-5-6-28(30,31)12-35)22(36)19-15(17)8-13-9-16-21(34(3)4)24(38)20(27(32)41)26(40)29(16,42)25(39)18(13)23(19)37/h10,13,16,21,36-37,40,42H,5-9,11-12H2,1-4H3,(H2,32,41)/t13-,16-,21-,29-/m0/s1. The quantitative estimate of drug-likeness (QED) is 0.315. The number of primary amides is 1. The fraction of sp³-hybridized carbons (Fsp3) is 0.552. The van der Waals surface area contributed by atoms with E-state index in [0.29, 0.717) is 17.8 Å². The van der Waals surface area contributed by atoms with Gasteiger partial charge in [0.25, 0.3) is 11.8 Å². The number of hydrogen-bond acceptors (Lipinski definition) is 10. The lowest BCUT2D eigenvalue weighted by molar-refractivity contribution is -0.153. The van der Waals surface area contributed by atoms with E-state index in [1.807, 2.05) is 0 Å². The molecule has 1 saturated heterocycles. The molecule has 11 nitrogen and oxygen atoms in total. The first-order chi connectivity index (χ1) is 19.5. The summed E-state index contributed by atoms with van der Waals surface area (Å²) >= 11 is 0. The zero-order valence-electron chi connectivity index (χ0n) is 23.9. The molecule has 1 heterocycles. The van der Waals surface area contributed by atoms with Gasteiger partial charge in [-0.15, -0.1) is 0 Å². The number of hydrogen-bond donors (Lipinski definition) is 5. The van der Waals surface area contributed by atoms with Gasteiger partial charge in [0.1, 0.15) is 22.8 Å². The average Bonchev–Trinajstić information content (AvgIpc) is 2.86. The summed E-state index contributed by atoms with van der Waals surface area (Å²) in [5.74, 6) is -10.1. The molecule has 0 spiro atoms. The lowest BCUT2D eigenvalue weighted by atomic mass is 9.57. The molecule has 1 aromatic rings. The van der Waals surface area contributed by atoms with Gasteiger partial charge in [0.2, 0.25) is 5.78 Å². The second kappa shape index (κ2) is 10.0. The number of alkyl halides is 2. The fourth-order valence-electron chi connectivity index (χ4n) is 7.29. The van der Waals surface area contributed by atoms with Gasteiger partial charge in [-0.1, -0.05) is 0 Å². The Hall–Kier alpha value is -3.55. The van der Waals surface area contributed by atoms with Crippen molar-refractivity contribution >= 4 is 28.9 Å². The fourth-order valence-corrected chi connectivity index (χ4v) is 7.29. The maximum atomic E-state index is 14.1. The molecule has 42 heavy (non-hydrogen) atoms. The molecule has 2 fully saturated rings. The highest BCUT2D eigenvalue weighted by Crippen LogP contribution is 2.54. The Morgan fingerprint density at radius 2 is 1.83 bits per heavy atom. The Morgan fingerprint density at radius 1 is 1.17 bits per heavy atom. The van der Waals surface area contributed by atoms with Crippen molar-refractivity contribution in [2.45, 2.75) is 49.8 Å². The van der Waals surface area contributed by atoms with Gasteiger partial charge >= 0.3 is 0 Å². The van der Waals surface area contributed by atoms with Crippen LogP contribution in [-0.2, 0) is 27.3 Å². The van der Waals surface area contributed by atoms with Crippen LogP contribution in [-0.4, -0.2) is 107 Å². The topological polar surface area (TPSA) is 168 Å². The van der Waals surface area contributed by atoms with Crippen molar-refractivity contribution in [1.82, 2.24) is 9.80 Å². The lowest BCUT2D eigenvalue weighted by Crippen LogP contribution is -2.65. The number of phenols is 1. The summed E-state index contributed by atoms with van der Waals surface area (Å²) in [5, 5.41) is 45.8. The van der Waals surface area contributed by atoms with Gasteiger partial charge in [-0.25, -0.2) is 8.78 Å². The molecule has 4 atom stereocenters. The zero-order chi connectivity index (χ0) is 31.0. The summed E-state index contributed by atoms with van der Waals surface area (Å²) in [4.78, 5) is 44.2. The van der Waals surface area contributed by atoms with E-state index in [0.717, 1.165) is 0 Å². The molecule has 5 rings (SSSR count). The van der Waals surface area contributed by atoms with Crippen LogP contribution in [0.1, 0.15) is 36.0 Å². The van der Waals surface area contributed by atoms with Gasteiger partial charge < -0.3 is 31.1 Å². The summed E-state index contributed by atoms with van der Waals surface area (Å²) in [7, 11) is 6.58. The number of rotatable bonds is 5. The number of halogens is 2. The largest absolute Gasteiger partial charge is 0.508 e. The van der Waals surface area contributed by atoms with E-state index in [9.17, 15) is 43.6 Å². The van der Waals surface area contributed by atoms with Crippen LogP contribution in [0.4, 0.5) is 14.5 Å². The van der Waals surface area contributed by atoms with Crippen LogP contribution < -0.4 is 10.6 Å². The van der Waals surface area contributed by atoms with E-state index in [4.69, 9.17) is 5.73 Å². The number of likely N-dealkylation sites (N-methyl/N-ethyl adjacent to an activating group) is 1. The number of aromatic hydroxyl groups is 1. The third-order valence-electron chi connectivity index (χ3n) is 9.12. The SMILES string of the molecule is CN(C)c1cc(CN2CCCC(F)(F)C2)c(O)c2c1C[C@H]1C[C@H]3[C@H](N(C)C)C(=O)C(C(N)=O)=C(O)[C@@]3(O)C(=O)C1=C2O. The molecule has 4 aliphatic rings. The Kier molecular flexibility index (Phi) is 7.14. The third-order valence-corrected chi connectivity index (χ3v) is 9.12. The second-order valence-electron chi connectivity index (χ2n) is 12.3. The number of benzene rings is 1.